The Morgan fingerprint density at radius 2 is 0.773 bits per heavy atom. The van der Waals surface area contributed by atoms with Crippen LogP contribution in [0.4, 0.5) is 0 Å². The van der Waals surface area contributed by atoms with Gasteiger partial charge in [0.05, 0.1) is 66.1 Å². The van der Waals surface area contributed by atoms with Crippen LogP contribution in [0.3, 0.4) is 0 Å². The molecule has 0 fully saturated rings. The van der Waals surface area contributed by atoms with Crippen LogP contribution in [-0.4, -0.2) is 111 Å². The first-order valence-electron chi connectivity index (χ1n) is 29.0. The molecule has 3 aromatic rings. The van der Waals surface area contributed by atoms with E-state index < -0.39 is 5.60 Å². The smallest absolute Gasteiger partial charge is 0.306 e. The lowest BCUT2D eigenvalue weighted by Gasteiger charge is -2.36. The minimum atomic E-state index is -0.772. The van der Waals surface area contributed by atoms with E-state index >= 15 is 0 Å². The SMILES string of the molecule is CCCCCC/C=C\COC(=O)CCCCCCCOCC(COCCOCCOCCOCCOC(c1ccccc1)(c1ccccc1)c1ccccc1)OCCCCCCCC(=O)OC/C=C\CCCCCC. The van der Waals surface area contributed by atoms with Crippen LogP contribution in [0.5, 0.6) is 0 Å². The van der Waals surface area contributed by atoms with Crippen molar-refractivity contribution in [2.75, 3.05) is 92.5 Å². The van der Waals surface area contributed by atoms with E-state index in [9.17, 15) is 9.59 Å². The molecule has 3 aromatic carbocycles. The van der Waals surface area contributed by atoms with Crippen molar-refractivity contribution < 1.29 is 52.2 Å². The van der Waals surface area contributed by atoms with Crippen molar-refractivity contribution in [2.24, 2.45) is 0 Å². The van der Waals surface area contributed by atoms with Crippen molar-refractivity contribution in [3.63, 3.8) is 0 Å². The Morgan fingerprint density at radius 1 is 0.400 bits per heavy atom. The van der Waals surface area contributed by atoms with E-state index in [2.05, 4.69) is 62.4 Å². The third-order valence-electron chi connectivity index (χ3n) is 12.8. The molecule has 0 aromatic heterocycles. The maximum absolute atomic E-state index is 12.1. The number of hydrogen-bond acceptors (Lipinski definition) is 11. The van der Waals surface area contributed by atoms with Gasteiger partial charge in [0.1, 0.15) is 24.9 Å². The highest BCUT2D eigenvalue weighted by Gasteiger charge is 2.37. The van der Waals surface area contributed by atoms with Gasteiger partial charge < -0.3 is 42.6 Å². The molecule has 0 amide bonds. The fraction of sp³-hybridized carbons (Fsp3) is 0.625. The average molecular weight is 1040 g/mol. The Morgan fingerprint density at radius 3 is 1.23 bits per heavy atom. The molecule has 420 valence electrons. The number of ether oxygens (including phenoxy) is 9. The van der Waals surface area contributed by atoms with E-state index in [1.54, 1.807) is 0 Å². The Hall–Kier alpha value is -4.20. The van der Waals surface area contributed by atoms with E-state index in [0.717, 1.165) is 93.7 Å². The number of hydrogen-bond donors (Lipinski definition) is 0. The van der Waals surface area contributed by atoms with E-state index in [-0.39, 0.29) is 18.0 Å². The third kappa shape index (κ3) is 32.9. The predicted octanol–water partition coefficient (Wildman–Crippen LogP) is 14.3. The molecule has 0 aliphatic heterocycles. The molecule has 3 rings (SSSR count). The summed E-state index contributed by atoms with van der Waals surface area (Å²) in [6.07, 6.45) is 30.8. The van der Waals surface area contributed by atoms with Crippen LogP contribution in [0, 0.1) is 0 Å². The number of unbranched alkanes of at least 4 members (excludes halogenated alkanes) is 16. The standard InChI is InChI=1S/C64H98O11/c1-3-5-7-9-11-18-34-46-73-62(65)42-30-15-13-17-32-44-70-56-61(72-45-33-20-14-16-31-43-63(66)74-47-35-19-12-10-8-6-4-2)57-71-53-52-68-49-48-67-50-51-69-54-55-75-64(58-36-24-21-25-37-58,59-38-26-22-27-39-59)60-40-28-23-29-41-60/h18-19,21-29,34-41,61H,3-17,20,30-33,42-57H2,1-2H3/b34-18-,35-19-. The molecule has 0 radical (unpaired) electrons. The van der Waals surface area contributed by atoms with Gasteiger partial charge in [0, 0.05) is 26.1 Å². The second-order valence-electron chi connectivity index (χ2n) is 19.2. The van der Waals surface area contributed by atoms with Gasteiger partial charge in [0.25, 0.3) is 0 Å². The third-order valence-corrected chi connectivity index (χ3v) is 12.8. The van der Waals surface area contributed by atoms with E-state index in [0.29, 0.717) is 105 Å². The van der Waals surface area contributed by atoms with Gasteiger partial charge in [-0.15, -0.1) is 0 Å². The van der Waals surface area contributed by atoms with Gasteiger partial charge in [-0.3, -0.25) is 9.59 Å². The maximum atomic E-state index is 12.1. The lowest BCUT2D eigenvalue weighted by Crippen LogP contribution is -2.34. The normalized spacial score (nSPS) is 12.2. The summed E-state index contributed by atoms with van der Waals surface area (Å²) in [6.45, 7) is 10.9. The number of benzene rings is 3. The summed E-state index contributed by atoms with van der Waals surface area (Å²) in [6, 6.07) is 31.1. The zero-order valence-electron chi connectivity index (χ0n) is 46.5. The monoisotopic (exact) mass is 1040 g/mol. The molecule has 0 N–H and O–H groups in total. The zero-order valence-corrected chi connectivity index (χ0v) is 46.5. The van der Waals surface area contributed by atoms with Crippen molar-refractivity contribution in [3.8, 4) is 0 Å². The van der Waals surface area contributed by atoms with Gasteiger partial charge in [-0.05, 0) is 68.1 Å². The molecule has 1 unspecified atom stereocenters. The second-order valence-corrected chi connectivity index (χ2v) is 19.2. The van der Waals surface area contributed by atoms with Gasteiger partial charge in [0.15, 0.2) is 0 Å². The lowest BCUT2D eigenvalue weighted by molar-refractivity contribution is -0.143. The van der Waals surface area contributed by atoms with Crippen LogP contribution in [-0.2, 0) is 57.8 Å². The fourth-order valence-corrected chi connectivity index (χ4v) is 8.59. The van der Waals surface area contributed by atoms with Crippen LogP contribution < -0.4 is 0 Å². The second kappa shape index (κ2) is 47.0. The summed E-state index contributed by atoms with van der Waals surface area (Å²) in [5.74, 6) is -0.231. The summed E-state index contributed by atoms with van der Waals surface area (Å²) in [5.41, 5.74) is 2.41. The first-order chi connectivity index (χ1) is 37.1. The summed E-state index contributed by atoms with van der Waals surface area (Å²) < 4.78 is 53.3. The Labute approximate surface area is 453 Å². The van der Waals surface area contributed by atoms with Crippen LogP contribution in [0.15, 0.2) is 115 Å². The van der Waals surface area contributed by atoms with Gasteiger partial charge in [-0.1, -0.05) is 206 Å². The molecule has 1 atom stereocenters. The zero-order chi connectivity index (χ0) is 53.2. The largest absolute Gasteiger partial charge is 0.461 e. The Bertz CT molecular complexity index is 1710. The molecular weight excluding hydrogens is 945 g/mol. The highest BCUT2D eigenvalue weighted by molar-refractivity contribution is 5.69. The van der Waals surface area contributed by atoms with Crippen LogP contribution in [0.25, 0.3) is 0 Å². The van der Waals surface area contributed by atoms with Crippen LogP contribution in [0.2, 0.25) is 0 Å². The van der Waals surface area contributed by atoms with E-state index in [1.165, 1.54) is 51.4 Å². The van der Waals surface area contributed by atoms with Gasteiger partial charge in [-0.2, -0.15) is 0 Å². The van der Waals surface area contributed by atoms with Crippen molar-refractivity contribution in [1.82, 2.24) is 0 Å². The molecule has 75 heavy (non-hydrogen) atoms. The van der Waals surface area contributed by atoms with E-state index in [1.807, 2.05) is 66.7 Å². The fourth-order valence-electron chi connectivity index (χ4n) is 8.59. The summed E-state index contributed by atoms with van der Waals surface area (Å²) in [7, 11) is 0. The van der Waals surface area contributed by atoms with Crippen molar-refractivity contribution in [2.45, 2.75) is 167 Å². The molecule has 0 spiro atoms. The lowest BCUT2D eigenvalue weighted by atomic mass is 9.80. The minimum absolute atomic E-state index is 0.114. The molecule has 0 saturated heterocycles. The van der Waals surface area contributed by atoms with Gasteiger partial charge in [0.2, 0.25) is 0 Å². The molecule has 0 aliphatic carbocycles. The molecule has 11 nitrogen and oxygen atoms in total. The Balaban J connectivity index is 1.26. The molecule has 0 heterocycles. The average Bonchev–Trinajstić information content (AvgIpc) is 3.44. The predicted molar refractivity (Wildman–Crippen MR) is 302 cm³/mol. The molecule has 0 aliphatic rings. The van der Waals surface area contributed by atoms with Crippen LogP contribution >= 0.6 is 0 Å². The highest BCUT2D eigenvalue weighted by atomic mass is 16.6. The topological polar surface area (TPSA) is 117 Å². The van der Waals surface area contributed by atoms with Gasteiger partial charge in [-0.25, -0.2) is 0 Å². The molecule has 11 heteroatoms. The van der Waals surface area contributed by atoms with E-state index in [4.69, 9.17) is 42.6 Å². The number of esters is 2. The number of allylic oxidation sites excluding steroid dienone is 2. The molecule has 0 bridgehead atoms. The van der Waals surface area contributed by atoms with Crippen LogP contribution in [0.1, 0.15) is 172 Å². The molecule has 0 saturated carbocycles. The van der Waals surface area contributed by atoms with Crippen molar-refractivity contribution in [1.29, 1.82) is 0 Å². The minimum Gasteiger partial charge on any atom is -0.461 e. The Kier molecular flexibility index (Phi) is 40.8. The molecular formula is C64H98O11. The number of carbonyl (C=O) groups is 2. The first-order valence-corrected chi connectivity index (χ1v) is 29.0. The maximum Gasteiger partial charge on any atom is 0.306 e. The quantitative estimate of drug-likeness (QED) is 0.0233. The van der Waals surface area contributed by atoms with Crippen molar-refractivity contribution in [3.05, 3.63) is 132 Å². The van der Waals surface area contributed by atoms with Gasteiger partial charge >= 0.3 is 11.9 Å². The first kappa shape index (κ1) is 65.1. The highest BCUT2D eigenvalue weighted by Crippen LogP contribution is 2.40. The number of rotatable bonds is 51. The number of carbonyl (C=O) groups excluding carboxylic acids is 2. The summed E-state index contributed by atoms with van der Waals surface area (Å²) >= 11 is 0. The summed E-state index contributed by atoms with van der Waals surface area (Å²) in [5, 5.41) is 0. The van der Waals surface area contributed by atoms with Crippen molar-refractivity contribution >= 4 is 11.9 Å². The summed E-state index contributed by atoms with van der Waals surface area (Å²) in [4.78, 5) is 24.2.